The quantitative estimate of drug-likeness (QED) is 0.633. The SMILES string of the molecule is CN(C)C=Nc1nc(-c2ccc(Cl)cc2)c(C#N)c(C#N)c1C#N. The maximum Gasteiger partial charge on any atom is 0.173 e. The molecule has 0 unspecified atom stereocenters. The molecule has 116 valence electrons. The van der Waals surface area contributed by atoms with Crippen LogP contribution in [0.1, 0.15) is 16.7 Å². The van der Waals surface area contributed by atoms with Crippen LogP contribution in [-0.2, 0) is 0 Å². The largest absolute Gasteiger partial charge is 0.369 e. The first-order valence-corrected chi connectivity index (χ1v) is 7.14. The smallest absolute Gasteiger partial charge is 0.173 e. The predicted molar refractivity (Wildman–Crippen MR) is 90.7 cm³/mol. The third-order valence-electron chi connectivity index (χ3n) is 3.04. The highest BCUT2D eigenvalue weighted by Gasteiger charge is 2.20. The second-order valence-electron chi connectivity index (χ2n) is 4.96. The van der Waals surface area contributed by atoms with Gasteiger partial charge in [0, 0.05) is 24.7 Å². The van der Waals surface area contributed by atoms with Gasteiger partial charge in [-0.1, -0.05) is 23.7 Å². The van der Waals surface area contributed by atoms with E-state index in [2.05, 4.69) is 9.98 Å². The first-order valence-electron chi connectivity index (χ1n) is 6.76. The van der Waals surface area contributed by atoms with Gasteiger partial charge in [0.1, 0.15) is 23.8 Å². The van der Waals surface area contributed by atoms with Gasteiger partial charge in [-0.05, 0) is 12.1 Å². The van der Waals surface area contributed by atoms with Crippen molar-refractivity contribution in [2.45, 2.75) is 0 Å². The fraction of sp³-hybridized carbons (Fsp3) is 0.118. The fourth-order valence-corrected chi connectivity index (χ4v) is 2.11. The number of aromatic nitrogens is 1. The summed E-state index contributed by atoms with van der Waals surface area (Å²) in [5.74, 6) is 0.0895. The summed E-state index contributed by atoms with van der Waals surface area (Å²) in [6, 6.07) is 12.5. The van der Waals surface area contributed by atoms with Gasteiger partial charge in [0.05, 0.1) is 23.2 Å². The number of halogens is 1. The zero-order valence-electron chi connectivity index (χ0n) is 12.9. The molecule has 0 atom stereocenters. The summed E-state index contributed by atoms with van der Waals surface area (Å²) >= 11 is 5.89. The summed E-state index contributed by atoms with van der Waals surface area (Å²) in [4.78, 5) is 10.2. The molecular weight excluding hydrogens is 324 g/mol. The van der Waals surface area contributed by atoms with E-state index < -0.39 is 0 Å². The molecule has 1 heterocycles. The minimum absolute atomic E-state index is 0.0233. The van der Waals surface area contributed by atoms with Gasteiger partial charge in [-0.15, -0.1) is 0 Å². The highest BCUT2D eigenvalue weighted by molar-refractivity contribution is 6.30. The van der Waals surface area contributed by atoms with Crippen LogP contribution in [-0.4, -0.2) is 30.3 Å². The van der Waals surface area contributed by atoms with E-state index >= 15 is 0 Å². The van der Waals surface area contributed by atoms with Crippen molar-refractivity contribution in [2.24, 2.45) is 4.99 Å². The van der Waals surface area contributed by atoms with Crippen molar-refractivity contribution in [3.63, 3.8) is 0 Å². The molecule has 0 aliphatic rings. The summed E-state index contributed by atoms with van der Waals surface area (Å²) in [6.07, 6.45) is 1.47. The van der Waals surface area contributed by atoms with Gasteiger partial charge in [0.25, 0.3) is 0 Å². The number of pyridine rings is 1. The molecule has 0 spiro atoms. The van der Waals surface area contributed by atoms with E-state index in [1.165, 1.54) is 6.34 Å². The molecule has 0 fully saturated rings. The lowest BCUT2D eigenvalue weighted by molar-refractivity contribution is 0.643. The maximum atomic E-state index is 9.45. The molecular formula is C17H11ClN6. The van der Waals surface area contributed by atoms with Crippen LogP contribution < -0.4 is 0 Å². The van der Waals surface area contributed by atoms with Crippen molar-refractivity contribution in [1.82, 2.24) is 9.88 Å². The second kappa shape index (κ2) is 7.24. The van der Waals surface area contributed by atoms with Crippen LogP contribution in [0.2, 0.25) is 5.02 Å². The van der Waals surface area contributed by atoms with Crippen LogP contribution >= 0.6 is 11.6 Å². The fourth-order valence-electron chi connectivity index (χ4n) is 1.98. The molecule has 0 N–H and O–H groups in total. The molecule has 0 aliphatic heterocycles. The molecule has 2 rings (SSSR count). The average molecular weight is 335 g/mol. The van der Waals surface area contributed by atoms with E-state index in [0.717, 1.165) is 0 Å². The van der Waals surface area contributed by atoms with Crippen LogP contribution in [0, 0.1) is 34.0 Å². The van der Waals surface area contributed by atoms with Crippen molar-refractivity contribution in [3.05, 3.63) is 46.0 Å². The number of nitriles is 3. The number of aliphatic imine (C=N–C) groups is 1. The van der Waals surface area contributed by atoms with Gasteiger partial charge in [0.15, 0.2) is 5.82 Å². The van der Waals surface area contributed by atoms with Crippen molar-refractivity contribution < 1.29 is 0 Å². The van der Waals surface area contributed by atoms with E-state index in [1.54, 1.807) is 43.3 Å². The number of hydrogen-bond donors (Lipinski definition) is 0. The molecule has 7 heteroatoms. The van der Waals surface area contributed by atoms with Crippen LogP contribution in [0.25, 0.3) is 11.3 Å². The lowest BCUT2D eigenvalue weighted by Gasteiger charge is -2.10. The van der Waals surface area contributed by atoms with Gasteiger partial charge in [-0.25, -0.2) is 9.98 Å². The summed E-state index contributed by atoms with van der Waals surface area (Å²) < 4.78 is 0. The summed E-state index contributed by atoms with van der Waals surface area (Å²) in [6.45, 7) is 0. The lowest BCUT2D eigenvalue weighted by Crippen LogP contribution is -2.08. The molecule has 0 amide bonds. The maximum absolute atomic E-state index is 9.45. The van der Waals surface area contributed by atoms with Gasteiger partial charge >= 0.3 is 0 Å². The molecule has 0 saturated heterocycles. The molecule has 0 saturated carbocycles. The van der Waals surface area contributed by atoms with Crippen LogP contribution in [0.15, 0.2) is 29.3 Å². The van der Waals surface area contributed by atoms with E-state index in [-0.39, 0.29) is 28.2 Å². The molecule has 1 aromatic heterocycles. The van der Waals surface area contributed by atoms with E-state index in [9.17, 15) is 15.8 Å². The van der Waals surface area contributed by atoms with Crippen LogP contribution in [0.5, 0.6) is 0 Å². The number of hydrogen-bond acceptors (Lipinski definition) is 5. The molecule has 2 aromatic rings. The Morgan fingerprint density at radius 3 is 2.08 bits per heavy atom. The van der Waals surface area contributed by atoms with Gasteiger partial charge in [-0.2, -0.15) is 15.8 Å². The monoisotopic (exact) mass is 334 g/mol. The summed E-state index contributed by atoms with van der Waals surface area (Å²) in [7, 11) is 3.54. The number of rotatable bonds is 3. The molecule has 0 bridgehead atoms. The molecule has 0 radical (unpaired) electrons. The summed E-state index contributed by atoms with van der Waals surface area (Å²) in [5, 5.41) is 28.8. The third-order valence-corrected chi connectivity index (χ3v) is 3.29. The molecule has 1 aromatic carbocycles. The van der Waals surface area contributed by atoms with E-state index in [0.29, 0.717) is 10.6 Å². The Bertz CT molecular complexity index is 924. The molecule has 0 aliphatic carbocycles. The minimum atomic E-state index is -0.0362. The van der Waals surface area contributed by atoms with E-state index in [1.807, 2.05) is 18.2 Å². The Kier molecular flexibility index (Phi) is 5.12. The zero-order valence-corrected chi connectivity index (χ0v) is 13.7. The normalized spacial score (nSPS) is 10.0. The standard InChI is InChI=1S/C17H11ClN6/c1-24(2)10-22-17-15(9-21)13(7-19)14(8-20)16(23-17)11-3-5-12(18)6-4-11/h3-6,10H,1-2H3. The Morgan fingerprint density at radius 2 is 1.58 bits per heavy atom. The van der Waals surface area contributed by atoms with Crippen molar-refractivity contribution in [1.29, 1.82) is 15.8 Å². The number of nitrogens with zero attached hydrogens (tertiary/aromatic N) is 6. The van der Waals surface area contributed by atoms with Crippen molar-refractivity contribution in [2.75, 3.05) is 14.1 Å². The lowest BCUT2D eigenvalue weighted by atomic mass is 9.98. The Morgan fingerprint density at radius 1 is 1.00 bits per heavy atom. The van der Waals surface area contributed by atoms with Crippen molar-refractivity contribution >= 4 is 23.8 Å². The van der Waals surface area contributed by atoms with Crippen molar-refractivity contribution in [3.8, 4) is 29.5 Å². The van der Waals surface area contributed by atoms with Gasteiger partial charge in [0.2, 0.25) is 0 Å². The molecule has 24 heavy (non-hydrogen) atoms. The van der Waals surface area contributed by atoms with Gasteiger partial charge < -0.3 is 4.90 Å². The average Bonchev–Trinajstić information content (AvgIpc) is 2.58. The van der Waals surface area contributed by atoms with E-state index in [4.69, 9.17) is 11.6 Å². The first-order chi connectivity index (χ1) is 11.5. The first kappa shape index (κ1) is 17.0. The van der Waals surface area contributed by atoms with Crippen LogP contribution in [0.4, 0.5) is 5.82 Å². The third kappa shape index (κ3) is 3.33. The Balaban J connectivity index is 2.82. The Labute approximate surface area is 144 Å². The number of benzene rings is 1. The minimum Gasteiger partial charge on any atom is -0.369 e. The highest BCUT2D eigenvalue weighted by atomic mass is 35.5. The predicted octanol–water partition coefficient (Wildman–Crippen LogP) is 3.24. The topological polar surface area (TPSA) is 99.9 Å². The zero-order chi connectivity index (χ0) is 17.7. The molecule has 6 nitrogen and oxygen atoms in total. The van der Waals surface area contributed by atoms with Crippen LogP contribution in [0.3, 0.4) is 0 Å². The second-order valence-corrected chi connectivity index (χ2v) is 5.40. The summed E-state index contributed by atoms with van der Waals surface area (Å²) in [5.41, 5.74) is 0.879. The van der Waals surface area contributed by atoms with Gasteiger partial charge in [-0.3, -0.25) is 0 Å². The Hall–Kier alpha value is -3.40. The highest BCUT2D eigenvalue weighted by Crippen LogP contribution is 2.31.